The minimum Gasteiger partial charge on any atom is -0.444 e. The summed E-state index contributed by atoms with van der Waals surface area (Å²) < 4.78 is 7.41. The molecular weight excluding hydrogens is 534 g/mol. The van der Waals surface area contributed by atoms with Crippen LogP contribution in [0.15, 0.2) is 18.6 Å². The van der Waals surface area contributed by atoms with Gasteiger partial charge in [-0.05, 0) is 58.3 Å². The number of anilines is 3. The lowest BCUT2D eigenvalue weighted by molar-refractivity contribution is -0.129. The van der Waals surface area contributed by atoms with Crippen LogP contribution in [0.1, 0.15) is 58.9 Å². The lowest BCUT2D eigenvalue weighted by atomic mass is 10.0. The monoisotopic (exact) mass is 569 g/mol. The van der Waals surface area contributed by atoms with E-state index in [0.717, 1.165) is 31.4 Å². The molecule has 3 fully saturated rings. The fourth-order valence-corrected chi connectivity index (χ4v) is 6.06. The first-order valence-corrected chi connectivity index (χ1v) is 14.2. The fourth-order valence-electron chi connectivity index (χ4n) is 5.92. The Kier molecular flexibility index (Phi) is 8.03. The Labute approximate surface area is 239 Å². The van der Waals surface area contributed by atoms with E-state index in [1.165, 1.54) is 0 Å². The number of carbonyl (C=O) groups excluding carboxylic acids is 2. The average molecular weight is 570 g/mol. The number of aromatic nitrogens is 4. The quantitative estimate of drug-likeness (QED) is 0.523. The largest absolute Gasteiger partial charge is 0.444 e. The third kappa shape index (κ3) is 6.58. The first-order chi connectivity index (χ1) is 19.1. The molecule has 214 valence electrons. The molecule has 0 radical (unpaired) electrons. The maximum Gasteiger partial charge on any atom is 0.410 e. The van der Waals surface area contributed by atoms with Gasteiger partial charge in [0.1, 0.15) is 17.0 Å². The number of likely N-dealkylation sites (tertiary alicyclic amines) is 2. The number of hydrogen-bond acceptors (Lipinski definition) is 9. The van der Waals surface area contributed by atoms with Gasteiger partial charge in [-0.25, -0.2) is 9.78 Å². The van der Waals surface area contributed by atoms with Crippen molar-refractivity contribution in [3.8, 4) is 6.07 Å². The highest BCUT2D eigenvalue weighted by Gasteiger charge is 2.42. The predicted octanol–water partition coefficient (Wildman–Crippen LogP) is 4.20. The van der Waals surface area contributed by atoms with E-state index in [0.29, 0.717) is 54.8 Å². The second kappa shape index (κ2) is 11.5. The Morgan fingerprint density at radius 3 is 2.62 bits per heavy atom. The molecule has 1 aliphatic carbocycles. The van der Waals surface area contributed by atoms with Crippen LogP contribution in [-0.2, 0) is 9.53 Å². The van der Waals surface area contributed by atoms with Gasteiger partial charge in [-0.2, -0.15) is 15.3 Å². The summed E-state index contributed by atoms with van der Waals surface area (Å²) >= 11 is 6.42. The minimum absolute atomic E-state index is 0.0492. The molecule has 3 aliphatic rings. The van der Waals surface area contributed by atoms with Gasteiger partial charge in [0.25, 0.3) is 0 Å². The van der Waals surface area contributed by atoms with Crippen LogP contribution in [0.25, 0.3) is 0 Å². The van der Waals surface area contributed by atoms with Crippen LogP contribution in [0.3, 0.4) is 0 Å². The highest BCUT2D eigenvalue weighted by Crippen LogP contribution is 2.40. The average Bonchev–Trinajstić information content (AvgIpc) is 3.61. The number of hydrogen-bond donors (Lipinski definition) is 2. The summed E-state index contributed by atoms with van der Waals surface area (Å²) in [4.78, 5) is 37.1. The molecule has 0 spiro atoms. The van der Waals surface area contributed by atoms with E-state index in [2.05, 4.69) is 25.7 Å². The summed E-state index contributed by atoms with van der Waals surface area (Å²) in [6.07, 6.45) is 8.45. The maximum absolute atomic E-state index is 12.5. The van der Waals surface area contributed by atoms with Crippen LogP contribution in [0, 0.1) is 23.2 Å². The number of fused-ring (bicyclic) bond motifs is 1. The van der Waals surface area contributed by atoms with Crippen LogP contribution in [-0.4, -0.2) is 79.4 Å². The van der Waals surface area contributed by atoms with Crippen LogP contribution in [0.2, 0.25) is 5.02 Å². The Morgan fingerprint density at radius 2 is 1.93 bits per heavy atom. The van der Waals surface area contributed by atoms with Crippen molar-refractivity contribution in [2.24, 2.45) is 11.8 Å². The highest BCUT2D eigenvalue weighted by atomic mass is 35.5. The highest BCUT2D eigenvalue weighted by molar-refractivity contribution is 6.32. The molecule has 13 heteroatoms. The van der Waals surface area contributed by atoms with E-state index in [-0.39, 0.29) is 30.5 Å². The van der Waals surface area contributed by atoms with Crippen molar-refractivity contribution in [3.63, 3.8) is 0 Å². The van der Waals surface area contributed by atoms with Gasteiger partial charge < -0.3 is 25.2 Å². The van der Waals surface area contributed by atoms with Crippen molar-refractivity contribution in [2.75, 3.05) is 36.8 Å². The first kappa shape index (κ1) is 28.0. The summed E-state index contributed by atoms with van der Waals surface area (Å²) in [5.74, 6) is 1.71. The van der Waals surface area contributed by atoms with Crippen molar-refractivity contribution >= 4 is 41.1 Å². The molecule has 2 aliphatic heterocycles. The van der Waals surface area contributed by atoms with E-state index in [9.17, 15) is 9.59 Å². The Hall–Kier alpha value is -3.59. The standard InChI is InChI=1S/C27H36ClN9O3/c1-27(2,3)40-26(39)35-8-4-5-21(16-35)37-15-20(11-31-37)33-25-30-12-22(28)24(34-25)32-19-9-17-13-36(14-18(17)10-19)23(38)6-7-29/h11-12,15,17-19,21H,4-6,8-10,13-14,16H2,1-3H3,(H2,30,32,33,34). The molecule has 12 nitrogen and oxygen atoms in total. The topological polar surface area (TPSA) is 141 Å². The molecule has 0 aromatic carbocycles. The Balaban J connectivity index is 1.17. The minimum atomic E-state index is -0.532. The van der Waals surface area contributed by atoms with Gasteiger partial charge >= 0.3 is 6.09 Å². The molecule has 2 N–H and O–H groups in total. The van der Waals surface area contributed by atoms with Crippen molar-refractivity contribution in [3.05, 3.63) is 23.6 Å². The lowest BCUT2D eigenvalue weighted by Gasteiger charge is -2.34. The maximum atomic E-state index is 12.5. The van der Waals surface area contributed by atoms with Crippen LogP contribution >= 0.6 is 11.6 Å². The van der Waals surface area contributed by atoms with E-state index < -0.39 is 5.60 Å². The Morgan fingerprint density at radius 1 is 1.18 bits per heavy atom. The molecule has 2 saturated heterocycles. The smallest absolute Gasteiger partial charge is 0.410 e. The summed E-state index contributed by atoms with van der Waals surface area (Å²) in [6, 6.07) is 2.20. The van der Waals surface area contributed by atoms with Gasteiger partial charge in [0.2, 0.25) is 11.9 Å². The molecule has 2 aromatic heterocycles. The van der Waals surface area contributed by atoms with Crippen LogP contribution in [0.4, 0.5) is 22.2 Å². The zero-order valence-electron chi connectivity index (χ0n) is 23.1. The van der Waals surface area contributed by atoms with Crippen molar-refractivity contribution < 1.29 is 14.3 Å². The van der Waals surface area contributed by atoms with E-state index >= 15 is 0 Å². The number of halogens is 1. The molecule has 1 saturated carbocycles. The number of ether oxygens (including phenoxy) is 1. The number of piperidine rings is 1. The van der Waals surface area contributed by atoms with Crippen molar-refractivity contribution in [1.82, 2.24) is 29.5 Å². The van der Waals surface area contributed by atoms with Gasteiger partial charge in [0, 0.05) is 38.4 Å². The van der Waals surface area contributed by atoms with Crippen molar-refractivity contribution in [1.29, 1.82) is 5.26 Å². The molecule has 2 aromatic rings. The first-order valence-electron chi connectivity index (χ1n) is 13.8. The number of amides is 2. The second-order valence-electron chi connectivity index (χ2n) is 11.9. The molecule has 0 bridgehead atoms. The summed E-state index contributed by atoms with van der Waals surface area (Å²) in [7, 11) is 0. The van der Waals surface area contributed by atoms with Gasteiger partial charge in [-0.15, -0.1) is 0 Å². The molecule has 4 heterocycles. The molecule has 3 unspecified atom stereocenters. The normalized spacial score (nSPS) is 24.4. The number of nitriles is 1. The summed E-state index contributed by atoms with van der Waals surface area (Å²) in [6.45, 7) is 8.22. The van der Waals surface area contributed by atoms with Gasteiger partial charge in [-0.1, -0.05) is 11.6 Å². The summed E-state index contributed by atoms with van der Waals surface area (Å²) in [5.41, 5.74) is 0.205. The SMILES string of the molecule is CC(C)(C)OC(=O)N1CCCC(n2cc(Nc3ncc(Cl)c(NC4CC5CN(C(=O)CC#N)CC5C4)n3)cn2)C1. The lowest BCUT2D eigenvalue weighted by Crippen LogP contribution is -2.43. The van der Waals surface area contributed by atoms with Gasteiger partial charge in [0.05, 0.1) is 30.2 Å². The van der Waals surface area contributed by atoms with E-state index in [4.69, 9.17) is 21.6 Å². The van der Waals surface area contributed by atoms with Gasteiger partial charge in [0.15, 0.2) is 5.82 Å². The number of rotatable bonds is 6. The number of nitrogens with one attached hydrogen (secondary N) is 2. The zero-order valence-corrected chi connectivity index (χ0v) is 23.9. The Bertz CT molecular complexity index is 1270. The van der Waals surface area contributed by atoms with Crippen molar-refractivity contribution in [2.45, 2.75) is 70.6 Å². The molecule has 40 heavy (non-hydrogen) atoms. The fraction of sp³-hybridized carbons (Fsp3) is 0.630. The zero-order chi connectivity index (χ0) is 28.4. The molecule has 3 atom stereocenters. The van der Waals surface area contributed by atoms with Gasteiger partial charge in [-0.3, -0.25) is 9.48 Å². The molecular formula is C27H36ClN9O3. The molecule has 2 amide bonds. The molecule has 5 rings (SSSR count). The van der Waals surface area contributed by atoms with Crippen LogP contribution < -0.4 is 10.6 Å². The predicted molar refractivity (Wildman–Crippen MR) is 149 cm³/mol. The number of carbonyl (C=O) groups is 2. The third-order valence-corrected chi connectivity index (χ3v) is 7.98. The third-order valence-electron chi connectivity index (χ3n) is 7.70. The summed E-state index contributed by atoms with van der Waals surface area (Å²) in [5, 5.41) is 20.5. The second-order valence-corrected chi connectivity index (χ2v) is 12.3. The van der Waals surface area contributed by atoms with E-state index in [1.807, 2.05) is 42.6 Å². The van der Waals surface area contributed by atoms with Crippen LogP contribution in [0.5, 0.6) is 0 Å². The van der Waals surface area contributed by atoms with E-state index in [1.54, 1.807) is 17.3 Å². The number of nitrogens with zero attached hydrogens (tertiary/aromatic N) is 7.